The van der Waals surface area contributed by atoms with Crippen LogP contribution in [0.4, 0.5) is 0 Å². The molecular formula is C17H19NO5S. The van der Waals surface area contributed by atoms with E-state index in [1.807, 2.05) is 11.4 Å². The predicted octanol–water partition coefficient (Wildman–Crippen LogP) is 2.40. The fraction of sp³-hybridized carbons (Fsp3) is 0.294. The lowest BCUT2D eigenvalue weighted by atomic mass is 10.0. The summed E-state index contributed by atoms with van der Waals surface area (Å²) in [5, 5.41) is 24.2. The van der Waals surface area contributed by atoms with Crippen LogP contribution in [0.5, 0.6) is 5.75 Å². The second kappa shape index (κ2) is 7.02. The molecule has 2 rings (SSSR count). The predicted molar refractivity (Wildman–Crippen MR) is 90.9 cm³/mol. The molecule has 1 unspecified atom stereocenters. The molecule has 0 aliphatic carbocycles. The highest BCUT2D eigenvalue weighted by atomic mass is 32.1. The number of carbonyl (C=O) groups is 2. The van der Waals surface area contributed by atoms with Gasteiger partial charge in [0.15, 0.2) is 0 Å². The minimum Gasteiger partial charge on any atom is -0.496 e. The molecule has 0 saturated carbocycles. The fourth-order valence-electron chi connectivity index (χ4n) is 2.28. The van der Waals surface area contributed by atoms with Gasteiger partial charge in [0.2, 0.25) is 0 Å². The van der Waals surface area contributed by atoms with Crippen LogP contribution in [0.15, 0.2) is 29.6 Å². The van der Waals surface area contributed by atoms with Gasteiger partial charge in [0.05, 0.1) is 13.7 Å². The van der Waals surface area contributed by atoms with E-state index in [-0.39, 0.29) is 23.4 Å². The first-order valence-corrected chi connectivity index (χ1v) is 8.10. The van der Waals surface area contributed by atoms with E-state index in [0.29, 0.717) is 5.56 Å². The summed E-state index contributed by atoms with van der Waals surface area (Å²) < 4.78 is 5.03. The number of nitrogens with one attached hydrogen (secondary N) is 1. The quantitative estimate of drug-likeness (QED) is 0.744. The molecule has 0 aliphatic heterocycles. The van der Waals surface area contributed by atoms with E-state index in [1.54, 1.807) is 19.9 Å². The maximum Gasteiger partial charge on any atom is 0.339 e. The number of hydrogen-bond acceptors (Lipinski definition) is 5. The van der Waals surface area contributed by atoms with Crippen LogP contribution in [0.1, 0.15) is 38.1 Å². The molecule has 0 aliphatic rings. The molecule has 1 aromatic heterocycles. The van der Waals surface area contributed by atoms with Crippen molar-refractivity contribution in [3.63, 3.8) is 0 Å². The fourth-order valence-corrected chi connectivity index (χ4v) is 3.07. The third-order valence-corrected chi connectivity index (χ3v) is 4.79. The lowest BCUT2D eigenvalue weighted by molar-refractivity contribution is 0.0556. The molecule has 0 fully saturated rings. The molecule has 24 heavy (non-hydrogen) atoms. The van der Waals surface area contributed by atoms with Crippen LogP contribution in [-0.2, 0) is 5.60 Å². The summed E-state index contributed by atoms with van der Waals surface area (Å²) in [4.78, 5) is 24.4. The van der Waals surface area contributed by atoms with Crippen molar-refractivity contribution in [2.24, 2.45) is 0 Å². The highest BCUT2D eigenvalue weighted by Gasteiger charge is 2.26. The van der Waals surface area contributed by atoms with Crippen LogP contribution in [0.25, 0.3) is 0 Å². The first-order chi connectivity index (χ1) is 11.3. The number of carboxylic acid groups (broad SMARTS) is 1. The van der Waals surface area contributed by atoms with Crippen LogP contribution >= 0.6 is 11.3 Å². The molecule has 0 saturated heterocycles. The Morgan fingerprint density at radius 1 is 1.33 bits per heavy atom. The van der Waals surface area contributed by atoms with Gasteiger partial charge in [0.25, 0.3) is 5.91 Å². The number of aliphatic hydroxyl groups is 1. The second-order valence-electron chi connectivity index (χ2n) is 5.61. The van der Waals surface area contributed by atoms with Crippen molar-refractivity contribution in [2.75, 3.05) is 13.7 Å². The number of carboxylic acids is 1. The number of benzene rings is 1. The number of carbonyl (C=O) groups excluding carboxylic acids is 1. The van der Waals surface area contributed by atoms with Gasteiger partial charge in [0.1, 0.15) is 16.9 Å². The van der Waals surface area contributed by atoms with Gasteiger partial charge >= 0.3 is 5.97 Å². The third kappa shape index (κ3) is 3.74. The Morgan fingerprint density at radius 3 is 2.58 bits per heavy atom. The van der Waals surface area contributed by atoms with Gasteiger partial charge in [-0.15, -0.1) is 11.3 Å². The minimum absolute atomic E-state index is 0.0141. The molecule has 1 amide bonds. The highest BCUT2D eigenvalue weighted by molar-refractivity contribution is 7.10. The van der Waals surface area contributed by atoms with Crippen LogP contribution < -0.4 is 10.1 Å². The number of methoxy groups -OCH3 is 1. The van der Waals surface area contributed by atoms with Crippen molar-refractivity contribution < 1.29 is 24.5 Å². The SMILES string of the molecule is COc1cc(C)c(C(=O)NCC(C)(O)c2cccs2)cc1C(=O)O. The first kappa shape index (κ1) is 18.0. The van der Waals surface area contributed by atoms with Crippen LogP contribution in [0.3, 0.4) is 0 Å². The monoisotopic (exact) mass is 349 g/mol. The van der Waals surface area contributed by atoms with Gasteiger partial charge < -0.3 is 20.3 Å². The van der Waals surface area contributed by atoms with Gasteiger partial charge in [-0.3, -0.25) is 4.79 Å². The zero-order valence-corrected chi connectivity index (χ0v) is 14.4. The Balaban J connectivity index is 2.21. The Morgan fingerprint density at radius 2 is 2.04 bits per heavy atom. The van der Waals surface area contributed by atoms with Gasteiger partial charge in [-0.2, -0.15) is 0 Å². The normalized spacial score (nSPS) is 13.2. The van der Waals surface area contributed by atoms with E-state index in [1.165, 1.54) is 30.6 Å². The molecular weight excluding hydrogens is 330 g/mol. The lowest BCUT2D eigenvalue weighted by Gasteiger charge is -2.22. The number of hydrogen-bond donors (Lipinski definition) is 3. The maximum absolute atomic E-state index is 12.4. The lowest BCUT2D eigenvalue weighted by Crippen LogP contribution is -2.38. The van der Waals surface area contributed by atoms with E-state index < -0.39 is 17.5 Å². The molecule has 1 heterocycles. The highest BCUT2D eigenvalue weighted by Crippen LogP contribution is 2.26. The number of thiophene rings is 1. The van der Waals surface area contributed by atoms with Crippen molar-refractivity contribution in [1.29, 1.82) is 0 Å². The van der Waals surface area contributed by atoms with E-state index in [9.17, 15) is 19.8 Å². The standard InChI is InChI=1S/C17H19NO5S/c1-10-7-13(23-3)12(16(20)21)8-11(10)15(19)18-9-17(2,22)14-5-4-6-24-14/h4-8,22H,9H2,1-3H3,(H,18,19)(H,20,21). The van der Waals surface area contributed by atoms with Gasteiger partial charge in [-0.25, -0.2) is 4.79 Å². The van der Waals surface area contributed by atoms with Crippen molar-refractivity contribution >= 4 is 23.2 Å². The summed E-state index contributed by atoms with van der Waals surface area (Å²) in [7, 11) is 1.37. The number of ether oxygens (including phenoxy) is 1. The number of rotatable bonds is 6. The topological polar surface area (TPSA) is 95.9 Å². The van der Waals surface area contributed by atoms with E-state index >= 15 is 0 Å². The molecule has 1 aromatic carbocycles. The van der Waals surface area contributed by atoms with Gasteiger partial charge in [-0.1, -0.05) is 6.07 Å². The number of aromatic carboxylic acids is 1. The van der Waals surface area contributed by atoms with E-state index in [0.717, 1.165) is 4.88 Å². The first-order valence-electron chi connectivity index (χ1n) is 7.22. The Hall–Kier alpha value is -2.38. The summed E-state index contributed by atoms with van der Waals surface area (Å²) in [5.41, 5.74) is -0.460. The molecule has 0 spiro atoms. The largest absolute Gasteiger partial charge is 0.496 e. The Labute approximate surface area is 143 Å². The van der Waals surface area contributed by atoms with Crippen molar-refractivity contribution in [1.82, 2.24) is 5.32 Å². The van der Waals surface area contributed by atoms with Crippen molar-refractivity contribution in [2.45, 2.75) is 19.4 Å². The average molecular weight is 349 g/mol. The van der Waals surface area contributed by atoms with Gasteiger partial charge in [-0.05, 0) is 43.0 Å². The Kier molecular flexibility index (Phi) is 5.26. The summed E-state index contributed by atoms with van der Waals surface area (Å²) in [5.74, 6) is -1.43. The van der Waals surface area contributed by atoms with Gasteiger partial charge in [0, 0.05) is 10.4 Å². The zero-order chi connectivity index (χ0) is 17.9. The molecule has 2 aromatic rings. The van der Waals surface area contributed by atoms with Crippen molar-refractivity contribution in [3.05, 3.63) is 51.2 Å². The minimum atomic E-state index is -1.19. The van der Waals surface area contributed by atoms with Crippen LogP contribution in [-0.4, -0.2) is 35.7 Å². The zero-order valence-electron chi connectivity index (χ0n) is 13.6. The molecule has 7 heteroatoms. The second-order valence-corrected chi connectivity index (χ2v) is 6.55. The van der Waals surface area contributed by atoms with Crippen LogP contribution in [0.2, 0.25) is 0 Å². The summed E-state index contributed by atoms with van der Waals surface area (Å²) >= 11 is 1.40. The molecule has 0 bridgehead atoms. The van der Waals surface area contributed by atoms with E-state index in [4.69, 9.17) is 4.74 Å². The molecule has 6 nitrogen and oxygen atoms in total. The molecule has 128 valence electrons. The van der Waals surface area contributed by atoms with E-state index in [2.05, 4.69) is 5.32 Å². The average Bonchev–Trinajstić information content (AvgIpc) is 3.07. The summed E-state index contributed by atoms with van der Waals surface area (Å²) in [6, 6.07) is 6.41. The summed E-state index contributed by atoms with van der Waals surface area (Å²) in [6.45, 7) is 3.32. The Bertz CT molecular complexity index is 753. The number of aryl methyl sites for hydroxylation is 1. The smallest absolute Gasteiger partial charge is 0.339 e. The number of amides is 1. The molecule has 0 radical (unpaired) electrons. The molecule has 3 N–H and O–H groups in total. The maximum atomic E-state index is 12.4. The third-order valence-electron chi connectivity index (χ3n) is 3.67. The molecule has 1 atom stereocenters. The van der Waals surface area contributed by atoms with Crippen molar-refractivity contribution in [3.8, 4) is 5.75 Å². The van der Waals surface area contributed by atoms with Crippen LogP contribution in [0, 0.1) is 6.92 Å². The summed E-state index contributed by atoms with van der Waals surface area (Å²) in [6.07, 6.45) is 0.